The van der Waals surface area contributed by atoms with Crippen LogP contribution in [0.15, 0.2) is 146 Å². The van der Waals surface area contributed by atoms with Crippen molar-refractivity contribution in [1.29, 1.82) is 0 Å². The normalized spacial score (nSPS) is 13.7. The molecular formula is C45H30. The van der Waals surface area contributed by atoms with Crippen molar-refractivity contribution in [3.8, 4) is 33.4 Å². The largest absolute Gasteiger partial charge is 0.0613 e. The second kappa shape index (κ2) is 8.80. The predicted molar refractivity (Wildman–Crippen MR) is 194 cm³/mol. The van der Waals surface area contributed by atoms with Crippen molar-refractivity contribution in [3.05, 3.63) is 157 Å². The molecule has 0 saturated carbocycles. The molecule has 0 spiro atoms. The molecule has 0 heterocycles. The highest BCUT2D eigenvalue weighted by Gasteiger charge is 2.33. The summed E-state index contributed by atoms with van der Waals surface area (Å²) < 4.78 is 0. The summed E-state index contributed by atoms with van der Waals surface area (Å²) in [7, 11) is 0. The number of hydrogen-bond donors (Lipinski definition) is 0. The van der Waals surface area contributed by atoms with E-state index in [0.717, 1.165) is 0 Å². The van der Waals surface area contributed by atoms with Crippen molar-refractivity contribution in [2.75, 3.05) is 0 Å². The first-order chi connectivity index (χ1) is 22.1. The van der Waals surface area contributed by atoms with Gasteiger partial charge < -0.3 is 0 Å². The molecule has 9 aromatic rings. The van der Waals surface area contributed by atoms with Gasteiger partial charge in [0.05, 0.1) is 0 Å². The fraction of sp³-hybridized carbons (Fsp3) is 0.0667. The maximum absolute atomic E-state index is 2.42. The second-order valence-corrected chi connectivity index (χ2v) is 13.3. The second-order valence-electron chi connectivity index (χ2n) is 13.3. The van der Waals surface area contributed by atoms with Crippen LogP contribution in [0.3, 0.4) is 0 Å². The van der Waals surface area contributed by atoms with E-state index in [9.17, 15) is 0 Å². The van der Waals surface area contributed by atoms with E-state index in [-0.39, 0.29) is 5.41 Å². The number of rotatable bonds is 2. The van der Waals surface area contributed by atoms with E-state index in [1.54, 1.807) is 0 Å². The van der Waals surface area contributed by atoms with Gasteiger partial charge in [-0.15, -0.1) is 0 Å². The summed E-state index contributed by atoms with van der Waals surface area (Å²) in [5.74, 6) is 0. The quantitative estimate of drug-likeness (QED) is 0.181. The Morgan fingerprint density at radius 1 is 0.333 bits per heavy atom. The highest BCUT2D eigenvalue weighted by molar-refractivity contribution is 6.26. The molecule has 0 aromatic heterocycles. The lowest BCUT2D eigenvalue weighted by Gasteiger charge is -2.35. The van der Waals surface area contributed by atoms with Crippen molar-refractivity contribution in [1.82, 2.24) is 0 Å². The molecule has 0 aliphatic heterocycles. The van der Waals surface area contributed by atoms with Crippen LogP contribution < -0.4 is 0 Å². The lowest BCUT2D eigenvalue weighted by Crippen LogP contribution is -2.23. The van der Waals surface area contributed by atoms with E-state index in [1.165, 1.54) is 98.4 Å². The lowest BCUT2D eigenvalue weighted by atomic mass is 9.68. The van der Waals surface area contributed by atoms with E-state index in [2.05, 4.69) is 159 Å². The van der Waals surface area contributed by atoms with Gasteiger partial charge >= 0.3 is 0 Å². The summed E-state index contributed by atoms with van der Waals surface area (Å²) in [5.41, 5.74) is 10.5. The van der Waals surface area contributed by atoms with Crippen LogP contribution in [0.2, 0.25) is 0 Å². The molecule has 0 N–H and O–H groups in total. The van der Waals surface area contributed by atoms with Gasteiger partial charge in [0.2, 0.25) is 0 Å². The van der Waals surface area contributed by atoms with E-state index in [0.29, 0.717) is 0 Å². The van der Waals surface area contributed by atoms with Crippen LogP contribution in [0.1, 0.15) is 25.0 Å². The first-order valence-electron chi connectivity index (χ1n) is 15.9. The molecule has 0 atom stereocenters. The summed E-state index contributed by atoms with van der Waals surface area (Å²) in [6.07, 6.45) is 0. The van der Waals surface area contributed by atoms with Gasteiger partial charge in [0, 0.05) is 5.41 Å². The van der Waals surface area contributed by atoms with Crippen LogP contribution >= 0.6 is 0 Å². The highest BCUT2D eigenvalue weighted by atomic mass is 14.4. The summed E-state index contributed by atoms with van der Waals surface area (Å²) in [6, 6.07) is 54.7. The Balaban J connectivity index is 1.15. The Bertz CT molecular complexity index is 2650. The Kier molecular flexibility index (Phi) is 4.88. The van der Waals surface area contributed by atoms with Gasteiger partial charge in [-0.2, -0.15) is 0 Å². The summed E-state index contributed by atoms with van der Waals surface area (Å²) >= 11 is 0. The van der Waals surface area contributed by atoms with E-state index in [4.69, 9.17) is 0 Å². The van der Waals surface area contributed by atoms with Gasteiger partial charge in [-0.1, -0.05) is 147 Å². The topological polar surface area (TPSA) is 0 Å². The molecule has 0 fully saturated rings. The molecule has 210 valence electrons. The Hall–Kier alpha value is -5.46. The molecule has 0 bridgehead atoms. The number of fused-ring (bicyclic) bond motifs is 3. The average molecular weight is 571 g/mol. The molecule has 0 heteroatoms. The van der Waals surface area contributed by atoms with E-state index < -0.39 is 0 Å². The fourth-order valence-corrected chi connectivity index (χ4v) is 8.39. The van der Waals surface area contributed by atoms with Crippen molar-refractivity contribution in [2.24, 2.45) is 0 Å². The monoisotopic (exact) mass is 570 g/mol. The van der Waals surface area contributed by atoms with Gasteiger partial charge in [-0.3, -0.25) is 0 Å². The first-order valence-corrected chi connectivity index (χ1v) is 15.9. The fourth-order valence-electron chi connectivity index (χ4n) is 8.39. The van der Waals surface area contributed by atoms with Crippen molar-refractivity contribution >= 4 is 53.9 Å². The Morgan fingerprint density at radius 2 is 0.889 bits per heavy atom. The third kappa shape index (κ3) is 3.37. The van der Waals surface area contributed by atoms with Gasteiger partial charge in [0.1, 0.15) is 0 Å². The Morgan fingerprint density at radius 3 is 1.71 bits per heavy atom. The van der Waals surface area contributed by atoms with Gasteiger partial charge in [-0.25, -0.2) is 0 Å². The van der Waals surface area contributed by atoms with Crippen molar-refractivity contribution in [2.45, 2.75) is 19.3 Å². The van der Waals surface area contributed by atoms with Gasteiger partial charge in [-0.05, 0) is 111 Å². The lowest BCUT2D eigenvalue weighted by molar-refractivity contribution is 0.645. The molecule has 9 aromatic carbocycles. The third-order valence-electron chi connectivity index (χ3n) is 10.6. The highest BCUT2D eigenvalue weighted by Crippen LogP contribution is 2.49. The van der Waals surface area contributed by atoms with Crippen molar-refractivity contribution < 1.29 is 0 Å². The first kappa shape index (κ1) is 24.9. The molecule has 10 rings (SSSR count). The minimum absolute atomic E-state index is 0.0549. The number of hydrogen-bond acceptors (Lipinski definition) is 0. The molecule has 0 amide bonds. The average Bonchev–Trinajstić information content (AvgIpc) is 3.09. The van der Waals surface area contributed by atoms with Crippen LogP contribution in [-0.2, 0) is 5.41 Å². The maximum Gasteiger partial charge on any atom is 0.0159 e. The summed E-state index contributed by atoms with van der Waals surface area (Å²) in [4.78, 5) is 0. The summed E-state index contributed by atoms with van der Waals surface area (Å²) in [5, 5.41) is 13.2. The maximum atomic E-state index is 2.42. The van der Waals surface area contributed by atoms with Crippen molar-refractivity contribution in [3.63, 3.8) is 0 Å². The minimum atomic E-state index is -0.0549. The van der Waals surface area contributed by atoms with Crippen LogP contribution in [-0.4, -0.2) is 0 Å². The molecule has 0 saturated heterocycles. The molecule has 45 heavy (non-hydrogen) atoms. The summed E-state index contributed by atoms with van der Waals surface area (Å²) in [6.45, 7) is 4.74. The predicted octanol–water partition coefficient (Wildman–Crippen LogP) is 12.5. The minimum Gasteiger partial charge on any atom is -0.0613 e. The van der Waals surface area contributed by atoms with Crippen LogP contribution in [0.4, 0.5) is 0 Å². The van der Waals surface area contributed by atoms with Gasteiger partial charge in [0.25, 0.3) is 0 Å². The molecule has 1 aliphatic rings. The van der Waals surface area contributed by atoms with Crippen LogP contribution in [0, 0.1) is 0 Å². The smallest absolute Gasteiger partial charge is 0.0159 e. The zero-order valence-corrected chi connectivity index (χ0v) is 25.4. The number of benzene rings is 9. The standard InChI is InChI=1S/C45H30/c1-45(2)40-24-20-32(26-39(40)37-13-4-9-27-10-6-14-41(45)43(27)37)31-19-21-34-33(25-31)11-5-12-35(34)36-22-17-30-16-15-28-7-3-8-29-18-23-38(36)44(30)42(28)29/h3-26H,1-2H3. The van der Waals surface area contributed by atoms with E-state index >= 15 is 0 Å². The zero-order valence-electron chi connectivity index (χ0n) is 25.4. The van der Waals surface area contributed by atoms with Crippen LogP contribution in [0.5, 0.6) is 0 Å². The Labute approximate surface area is 262 Å². The zero-order chi connectivity index (χ0) is 29.9. The van der Waals surface area contributed by atoms with E-state index in [1.807, 2.05) is 0 Å². The SMILES string of the molecule is CC1(C)c2ccc(-c3ccc4c(-c5ccc6ccc7cccc8ccc5c6c78)cccc4c3)cc2-c2cccc3cccc1c23. The molecule has 0 radical (unpaired) electrons. The third-order valence-corrected chi connectivity index (χ3v) is 10.6. The molecular weight excluding hydrogens is 540 g/mol. The molecule has 0 nitrogen and oxygen atoms in total. The molecule has 0 unspecified atom stereocenters. The van der Waals surface area contributed by atoms with Crippen LogP contribution in [0.25, 0.3) is 87.2 Å². The molecule has 1 aliphatic carbocycles. The van der Waals surface area contributed by atoms with Gasteiger partial charge in [0.15, 0.2) is 0 Å².